The van der Waals surface area contributed by atoms with Gasteiger partial charge in [-0.2, -0.15) is 0 Å². The smallest absolute Gasteiger partial charge is 0.323 e. The Kier molecular flexibility index (Phi) is 6.50. The molecule has 40 heavy (non-hydrogen) atoms. The van der Waals surface area contributed by atoms with Crippen LogP contribution >= 0.6 is 0 Å². The van der Waals surface area contributed by atoms with Crippen LogP contribution in [0.2, 0.25) is 0 Å². The van der Waals surface area contributed by atoms with Crippen LogP contribution in [0.4, 0.5) is 22.0 Å². The average molecular weight is 536 g/mol. The fourth-order valence-electron chi connectivity index (χ4n) is 4.85. The Bertz CT molecular complexity index is 1720. The maximum Gasteiger partial charge on any atom is 0.323 e. The Morgan fingerprint density at radius 3 is 2.50 bits per heavy atom. The predicted molar refractivity (Wildman–Crippen MR) is 160 cm³/mol. The first kappa shape index (κ1) is 25.6. The molecule has 0 saturated heterocycles. The highest BCUT2D eigenvalue weighted by molar-refractivity contribution is 6.08. The summed E-state index contributed by atoms with van der Waals surface area (Å²) < 4.78 is 7.47. The Labute approximate surface area is 233 Å². The monoisotopic (exact) mass is 535 g/mol. The molecule has 0 spiro atoms. The molecule has 3 N–H and O–H groups in total. The fraction of sp³-hybridized carbons (Fsp3) is 0.290. The van der Waals surface area contributed by atoms with Crippen molar-refractivity contribution >= 4 is 45.2 Å². The number of aromatic nitrogens is 4. The van der Waals surface area contributed by atoms with Gasteiger partial charge in [0.25, 0.3) is 0 Å². The molecule has 0 radical (unpaired) electrons. The maximum atomic E-state index is 13.2. The zero-order chi connectivity index (χ0) is 27.9. The second-order valence-electron chi connectivity index (χ2n) is 11.3. The van der Waals surface area contributed by atoms with E-state index in [2.05, 4.69) is 51.7 Å². The Morgan fingerprint density at radius 1 is 0.975 bits per heavy atom. The molecule has 204 valence electrons. The van der Waals surface area contributed by atoms with Crippen molar-refractivity contribution in [1.29, 1.82) is 0 Å². The summed E-state index contributed by atoms with van der Waals surface area (Å²) in [5.41, 5.74) is 4.71. The normalized spacial score (nSPS) is 13.4. The maximum absolute atomic E-state index is 13.2. The first-order valence-corrected chi connectivity index (χ1v) is 13.5. The summed E-state index contributed by atoms with van der Waals surface area (Å²) in [6, 6.07) is 17.3. The largest absolute Gasteiger partial charge is 0.495 e. The molecule has 1 saturated carbocycles. The van der Waals surface area contributed by atoms with Gasteiger partial charge in [0, 0.05) is 17.3 Å². The number of imidazole rings is 1. The van der Waals surface area contributed by atoms with E-state index in [1.54, 1.807) is 19.8 Å². The number of benzene rings is 3. The van der Waals surface area contributed by atoms with Crippen molar-refractivity contribution in [3.05, 3.63) is 72.8 Å². The van der Waals surface area contributed by atoms with Gasteiger partial charge in [0.15, 0.2) is 17.0 Å². The third kappa shape index (κ3) is 5.02. The van der Waals surface area contributed by atoms with Crippen LogP contribution in [0.5, 0.6) is 5.75 Å². The lowest BCUT2D eigenvalue weighted by molar-refractivity contribution is 0.262. The molecule has 0 unspecified atom stereocenters. The lowest BCUT2D eigenvalue weighted by atomic mass is 9.87. The van der Waals surface area contributed by atoms with Crippen LogP contribution in [-0.4, -0.2) is 39.2 Å². The predicted octanol–water partition coefficient (Wildman–Crippen LogP) is 6.74. The highest BCUT2D eigenvalue weighted by Gasteiger charge is 2.22. The number of ether oxygens (including phenoxy) is 1. The van der Waals surface area contributed by atoms with Crippen LogP contribution in [0, 0.1) is 5.92 Å². The van der Waals surface area contributed by atoms with Gasteiger partial charge in [-0.15, -0.1) is 0 Å². The van der Waals surface area contributed by atoms with E-state index in [1.165, 1.54) is 12.8 Å². The van der Waals surface area contributed by atoms with Crippen LogP contribution in [-0.2, 0) is 5.41 Å². The molecule has 3 aromatic carbocycles. The summed E-state index contributed by atoms with van der Waals surface area (Å²) in [5, 5.41) is 11.3. The van der Waals surface area contributed by atoms with Crippen molar-refractivity contribution in [2.75, 3.05) is 29.6 Å². The molecule has 9 nitrogen and oxygen atoms in total. The van der Waals surface area contributed by atoms with E-state index in [0.29, 0.717) is 17.1 Å². The molecule has 1 aliphatic carbocycles. The molecule has 6 rings (SSSR count). The molecule has 1 fully saturated rings. The molecular weight excluding hydrogens is 502 g/mol. The van der Waals surface area contributed by atoms with Crippen LogP contribution < -0.4 is 20.7 Å². The summed E-state index contributed by atoms with van der Waals surface area (Å²) in [6.45, 7) is 7.30. The highest BCUT2D eigenvalue weighted by Crippen LogP contribution is 2.34. The minimum absolute atomic E-state index is 0.0678. The van der Waals surface area contributed by atoms with Gasteiger partial charge in [0.1, 0.15) is 18.4 Å². The van der Waals surface area contributed by atoms with Crippen LogP contribution in [0.3, 0.4) is 0 Å². The summed E-state index contributed by atoms with van der Waals surface area (Å²) >= 11 is 0. The lowest BCUT2D eigenvalue weighted by Crippen LogP contribution is -2.21. The SMILES string of the molecule is COc1ccc(C(C)(C)C)cc1NC(=O)Nc1ccc(-n2cnc3c(NCC4CC4)ncnc32)c2ccccc12. The van der Waals surface area contributed by atoms with Crippen molar-refractivity contribution in [3.63, 3.8) is 0 Å². The van der Waals surface area contributed by atoms with Gasteiger partial charge in [-0.3, -0.25) is 4.57 Å². The number of urea groups is 1. The number of amides is 2. The van der Waals surface area contributed by atoms with Crippen LogP contribution in [0.25, 0.3) is 27.6 Å². The van der Waals surface area contributed by atoms with Gasteiger partial charge in [-0.1, -0.05) is 51.1 Å². The Balaban J connectivity index is 1.31. The average Bonchev–Trinajstić information content (AvgIpc) is 3.68. The van der Waals surface area contributed by atoms with Gasteiger partial charge in [-0.05, 0) is 54.0 Å². The van der Waals surface area contributed by atoms with Crippen LogP contribution in [0.15, 0.2) is 67.3 Å². The standard InChI is InChI=1S/C31H33N7O2/c1-31(2,3)20-11-14-26(40-4)24(15-20)37-30(39)36-23-12-13-25(22-8-6-5-7-21(22)23)38-18-35-27-28(32-16-19-9-10-19)33-17-34-29(27)38/h5-8,11-15,17-19H,9-10,16H2,1-4H3,(H,32,33,34)(H2,36,37,39). The molecule has 5 aromatic rings. The molecule has 2 heterocycles. The van der Waals surface area contributed by atoms with Crippen molar-refractivity contribution < 1.29 is 9.53 Å². The summed E-state index contributed by atoms with van der Waals surface area (Å²) in [6.07, 6.45) is 5.87. The summed E-state index contributed by atoms with van der Waals surface area (Å²) in [7, 11) is 1.60. The molecule has 2 aromatic heterocycles. The zero-order valence-corrected chi connectivity index (χ0v) is 23.2. The minimum atomic E-state index is -0.352. The molecule has 9 heteroatoms. The third-order valence-corrected chi connectivity index (χ3v) is 7.31. The number of hydrogen-bond acceptors (Lipinski definition) is 6. The van der Waals surface area contributed by atoms with E-state index in [-0.39, 0.29) is 11.4 Å². The number of nitrogens with zero attached hydrogens (tertiary/aromatic N) is 4. The second kappa shape index (κ2) is 10.1. The first-order valence-electron chi connectivity index (χ1n) is 13.5. The van der Waals surface area contributed by atoms with Crippen molar-refractivity contribution in [2.24, 2.45) is 5.92 Å². The number of carbonyl (C=O) groups excluding carboxylic acids is 1. The van der Waals surface area contributed by atoms with E-state index in [1.807, 2.05) is 59.2 Å². The quantitative estimate of drug-likeness (QED) is 0.213. The first-order chi connectivity index (χ1) is 19.3. The summed E-state index contributed by atoms with van der Waals surface area (Å²) in [4.78, 5) is 26.8. The summed E-state index contributed by atoms with van der Waals surface area (Å²) in [5.74, 6) is 2.07. The van der Waals surface area contributed by atoms with Crippen molar-refractivity contribution in [3.8, 4) is 11.4 Å². The van der Waals surface area contributed by atoms with Gasteiger partial charge in [-0.25, -0.2) is 19.7 Å². The number of rotatable bonds is 7. The molecule has 1 aliphatic rings. The second-order valence-corrected chi connectivity index (χ2v) is 11.3. The Hall–Kier alpha value is -4.66. The van der Waals surface area contributed by atoms with E-state index in [4.69, 9.17) is 4.74 Å². The number of methoxy groups -OCH3 is 1. The molecule has 0 aliphatic heterocycles. The van der Waals surface area contributed by atoms with Gasteiger partial charge < -0.3 is 20.7 Å². The van der Waals surface area contributed by atoms with Gasteiger partial charge >= 0.3 is 6.03 Å². The molecule has 0 bridgehead atoms. The number of hydrogen-bond donors (Lipinski definition) is 3. The van der Waals surface area contributed by atoms with Crippen molar-refractivity contribution in [1.82, 2.24) is 19.5 Å². The van der Waals surface area contributed by atoms with E-state index in [9.17, 15) is 4.79 Å². The topological polar surface area (TPSA) is 106 Å². The van der Waals surface area contributed by atoms with E-state index < -0.39 is 0 Å². The molecule has 0 atom stereocenters. The number of nitrogens with one attached hydrogen (secondary N) is 3. The van der Waals surface area contributed by atoms with Gasteiger partial charge in [0.2, 0.25) is 0 Å². The highest BCUT2D eigenvalue weighted by atomic mass is 16.5. The number of fused-ring (bicyclic) bond motifs is 2. The molecule has 2 amide bonds. The molecular formula is C31H33N7O2. The number of anilines is 3. The van der Waals surface area contributed by atoms with Gasteiger partial charge in [0.05, 0.1) is 24.2 Å². The fourth-order valence-corrected chi connectivity index (χ4v) is 4.85. The van der Waals surface area contributed by atoms with E-state index in [0.717, 1.165) is 51.5 Å². The van der Waals surface area contributed by atoms with Crippen LogP contribution in [0.1, 0.15) is 39.2 Å². The van der Waals surface area contributed by atoms with E-state index >= 15 is 0 Å². The lowest BCUT2D eigenvalue weighted by Gasteiger charge is -2.21. The third-order valence-electron chi connectivity index (χ3n) is 7.31. The number of carbonyl (C=O) groups is 1. The van der Waals surface area contributed by atoms with Crippen molar-refractivity contribution in [2.45, 2.75) is 39.0 Å². The zero-order valence-electron chi connectivity index (χ0n) is 23.2. The Morgan fingerprint density at radius 2 is 1.75 bits per heavy atom. The minimum Gasteiger partial charge on any atom is -0.495 e.